The lowest BCUT2D eigenvalue weighted by atomic mass is 10.1. The third-order valence-electron chi connectivity index (χ3n) is 3.38. The number of nitrogens with one attached hydrogen (secondary N) is 1. The van der Waals surface area contributed by atoms with E-state index in [9.17, 15) is 4.79 Å². The third-order valence-corrected chi connectivity index (χ3v) is 3.38. The summed E-state index contributed by atoms with van der Waals surface area (Å²) in [6, 6.07) is 11.9. The molecule has 120 valence electrons. The van der Waals surface area contributed by atoms with Gasteiger partial charge in [0.15, 0.2) is 6.61 Å². The average Bonchev–Trinajstić information content (AvgIpc) is 2.46. The predicted molar refractivity (Wildman–Crippen MR) is 93.1 cm³/mol. The number of amides is 1. The fourth-order valence-corrected chi connectivity index (χ4v) is 2.34. The van der Waals surface area contributed by atoms with Crippen molar-refractivity contribution in [1.29, 1.82) is 0 Å². The molecule has 0 aromatic heterocycles. The summed E-state index contributed by atoms with van der Waals surface area (Å²) in [5, 5.41) is 3.97. The van der Waals surface area contributed by atoms with Gasteiger partial charge in [0.1, 0.15) is 5.75 Å². The molecular weight excluding hydrogens is 288 g/mol. The van der Waals surface area contributed by atoms with Crippen molar-refractivity contribution in [2.24, 2.45) is 5.10 Å². The van der Waals surface area contributed by atoms with Crippen LogP contribution in [0.1, 0.15) is 27.8 Å². The first-order chi connectivity index (χ1) is 10.9. The van der Waals surface area contributed by atoms with E-state index in [1.54, 1.807) is 6.21 Å². The summed E-state index contributed by atoms with van der Waals surface area (Å²) in [6.45, 7) is 7.98. The topological polar surface area (TPSA) is 50.7 Å². The molecule has 2 aromatic rings. The molecule has 0 fully saturated rings. The van der Waals surface area contributed by atoms with Crippen molar-refractivity contribution in [1.82, 2.24) is 5.43 Å². The van der Waals surface area contributed by atoms with Crippen LogP contribution >= 0.6 is 0 Å². The largest absolute Gasteiger partial charge is 0.484 e. The van der Waals surface area contributed by atoms with Gasteiger partial charge in [-0.2, -0.15) is 5.10 Å². The Morgan fingerprint density at radius 3 is 2.39 bits per heavy atom. The third kappa shape index (κ3) is 5.25. The van der Waals surface area contributed by atoms with Gasteiger partial charge in [-0.3, -0.25) is 4.79 Å². The van der Waals surface area contributed by atoms with E-state index in [0.29, 0.717) is 5.75 Å². The number of hydrazone groups is 1. The number of carbonyl (C=O) groups excluding carboxylic acids is 1. The summed E-state index contributed by atoms with van der Waals surface area (Å²) >= 11 is 0. The number of carbonyl (C=O) groups is 1. The number of aryl methyl sites for hydroxylation is 4. The van der Waals surface area contributed by atoms with E-state index in [-0.39, 0.29) is 12.5 Å². The van der Waals surface area contributed by atoms with Crippen molar-refractivity contribution in [3.63, 3.8) is 0 Å². The summed E-state index contributed by atoms with van der Waals surface area (Å²) in [5.74, 6) is 0.404. The van der Waals surface area contributed by atoms with Crippen molar-refractivity contribution in [3.05, 3.63) is 64.2 Å². The Labute approximate surface area is 137 Å². The predicted octanol–water partition coefficient (Wildman–Crippen LogP) is 3.45. The molecule has 0 aliphatic rings. The standard InChI is InChI=1S/C19H22N2O2/c1-13-5-6-17(16(4)8-13)11-20-21-19(22)12-23-18-9-14(2)7-15(3)10-18/h5-11H,12H2,1-4H3,(H,21,22)/b20-11+. The van der Waals surface area contributed by atoms with Crippen LogP contribution in [-0.4, -0.2) is 18.7 Å². The molecule has 1 N–H and O–H groups in total. The van der Waals surface area contributed by atoms with Gasteiger partial charge in [-0.05, 0) is 62.1 Å². The summed E-state index contributed by atoms with van der Waals surface area (Å²) in [7, 11) is 0. The molecule has 4 nitrogen and oxygen atoms in total. The Bertz CT molecular complexity index is 716. The molecule has 0 atom stereocenters. The average molecular weight is 310 g/mol. The van der Waals surface area contributed by atoms with Crippen molar-refractivity contribution in [3.8, 4) is 5.75 Å². The second-order valence-electron chi connectivity index (χ2n) is 5.77. The molecule has 2 aromatic carbocycles. The molecule has 0 bridgehead atoms. The Morgan fingerprint density at radius 1 is 1.04 bits per heavy atom. The van der Waals surface area contributed by atoms with E-state index in [2.05, 4.69) is 22.7 Å². The number of nitrogens with zero attached hydrogens (tertiary/aromatic N) is 1. The van der Waals surface area contributed by atoms with Gasteiger partial charge >= 0.3 is 0 Å². The molecule has 0 heterocycles. The normalized spacial score (nSPS) is 10.8. The van der Waals surface area contributed by atoms with Crippen LogP contribution in [0.2, 0.25) is 0 Å². The van der Waals surface area contributed by atoms with Crippen LogP contribution in [0, 0.1) is 27.7 Å². The lowest BCUT2D eigenvalue weighted by Crippen LogP contribution is -2.24. The fourth-order valence-electron chi connectivity index (χ4n) is 2.34. The van der Waals surface area contributed by atoms with Gasteiger partial charge in [-0.1, -0.05) is 29.8 Å². The van der Waals surface area contributed by atoms with Crippen LogP contribution in [0.4, 0.5) is 0 Å². The number of hydrogen-bond acceptors (Lipinski definition) is 3. The summed E-state index contributed by atoms with van der Waals surface area (Å²) in [4.78, 5) is 11.8. The summed E-state index contributed by atoms with van der Waals surface area (Å²) in [5.41, 5.74) is 7.99. The van der Waals surface area contributed by atoms with Gasteiger partial charge in [0.2, 0.25) is 0 Å². The molecule has 0 saturated heterocycles. The lowest BCUT2D eigenvalue weighted by Gasteiger charge is -2.07. The minimum atomic E-state index is -0.287. The smallest absolute Gasteiger partial charge is 0.277 e. The molecule has 1 amide bonds. The molecule has 0 aliphatic heterocycles. The molecule has 0 aliphatic carbocycles. The Kier molecular flexibility index (Phi) is 5.52. The van der Waals surface area contributed by atoms with Crippen LogP contribution in [0.25, 0.3) is 0 Å². The number of benzene rings is 2. The number of hydrogen-bond donors (Lipinski definition) is 1. The first-order valence-corrected chi connectivity index (χ1v) is 7.54. The van der Waals surface area contributed by atoms with Gasteiger partial charge in [0.25, 0.3) is 5.91 Å². The molecular formula is C19H22N2O2. The maximum absolute atomic E-state index is 11.8. The van der Waals surface area contributed by atoms with E-state index >= 15 is 0 Å². The highest BCUT2D eigenvalue weighted by atomic mass is 16.5. The van der Waals surface area contributed by atoms with Gasteiger partial charge in [0, 0.05) is 0 Å². The van der Waals surface area contributed by atoms with Crippen molar-refractivity contribution >= 4 is 12.1 Å². The molecule has 4 heteroatoms. The quantitative estimate of drug-likeness (QED) is 0.679. The fraction of sp³-hybridized carbons (Fsp3) is 0.263. The van der Waals surface area contributed by atoms with Crippen molar-refractivity contribution in [2.75, 3.05) is 6.61 Å². The van der Waals surface area contributed by atoms with E-state index < -0.39 is 0 Å². The summed E-state index contributed by atoms with van der Waals surface area (Å²) in [6.07, 6.45) is 1.64. The zero-order valence-corrected chi connectivity index (χ0v) is 14.0. The first-order valence-electron chi connectivity index (χ1n) is 7.54. The Hall–Kier alpha value is -2.62. The monoisotopic (exact) mass is 310 g/mol. The van der Waals surface area contributed by atoms with Gasteiger partial charge in [0.05, 0.1) is 6.21 Å². The molecule has 0 unspecified atom stereocenters. The first kappa shape index (κ1) is 16.7. The minimum Gasteiger partial charge on any atom is -0.484 e. The Balaban J connectivity index is 1.86. The molecule has 0 radical (unpaired) electrons. The summed E-state index contributed by atoms with van der Waals surface area (Å²) < 4.78 is 5.49. The maximum atomic E-state index is 11.8. The number of ether oxygens (including phenoxy) is 1. The maximum Gasteiger partial charge on any atom is 0.277 e. The highest BCUT2D eigenvalue weighted by Gasteiger charge is 2.03. The van der Waals surface area contributed by atoms with Gasteiger partial charge < -0.3 is 4.74 Å². The van der Waals surface area contributed by atoms with E-state index in [0.717, 1.165) is 22.3 Å². The highest BCUT2D eigenvalue weighted by Crippen LogP contribution is 2.15. The van der Waals surface area contributed by atoms with Gasteiger partial charge in [-0.15, -0.1) is 0 Å². The number of rotatable bonds is 5. The van der Waals surface area contributed by atoms with E-state index in [4.69, 9.17) is 4.74 Å². The lowest BCUT2D eigenvalue weighted by molar-refractivity contribution is -0.123. The van der Waals surface area contributed by atoms with Crippen LogP contribution in [0.15, 0.2) is 41.5 Å². The second-order valence-corrected chi connectivity index (χ2v) is 5.77. The van der Waals surface area contributed by atoms with Gasteiger partial charge in [-0.25, -0.2) is 5.43 Å². The van der Waals surface area contributed by atoms with Crippen molar-refractivity contribution in [2.45, 2.75) is 27.7 Å². The molecule has 0 saturated carbocycles. The van der Waals surface area contributed by atoms with Crippen LogP contribution in [0.5, 0.6) is 5.75 Å². The SMILES string of the molecule is Cc1cc(C)cc(OCC(=O)N/N=C/c2ccc(C)cc2C)c1. The highest BCUT2D eigenvalue weighted by molar-refractivity contribution is 5.84. The molecule has 0 spiro atoms. The van der Waals surface area contributed by atoms with Crippen LogP contribution < -0.4 is 10.2 Å². The molecule has 2 rings (SSSR count). The Morgan fingerprint density at radius 2 is 1.74 bits per heavy atom. The minimum absolute atomic E-state index is 0.0624. The second kappa shape index (κ2) is 7.58. The zero-order valence-electron chi connectivity index (χ0n) is 14.0. The van der Waals surface area contributed by atoms with E-state index in [1.165, 1.54) is 5.56 Å². The molecule has 23 heavy (non-hydrogen) atoms. The van der Waals surface area contributed by atoms with Crippen LogP contribution in [0.3, 0.4) is 0 Å². The van der Waals surface area contributed by atoms with E-state index in [1.807, 2.05) is 52.0 Å². The van der Waals surface area contributed by atoms with Crippen molar-refractivity contribution < 1.29 is 9.53 Å². The zero-order chi connectivity index (χ0) is 16.8. The van der Waals surface area contributed by atoms with Crippen LogP contribution in [-0.2, 0) is 4.79 Å².